The van der Waals surface area contributed by atoms with Crippen LogP contribution in [0.3, 0.4) is 0 Å². The van der Waals surface area contributed by atoms with Gasteiger partial charge in [0, 0.05) is 26.1 Å². The Kier molecular flexibility index (Phi) is 3.96. The fourth-order valence-electron chi connectivity index (χ4n) is 2.18. The Balaban J connectivity index is 1.79. The van der Waals surface area contributed by atoms with E-state index >= 15 is 0 Å². The lowest BCUT2D eigenvalue weighted by Gasteiger charge is -2.21. The van der Waals surface area contributed by atoms with Crippen LogP contribution < -0.4 is 10.6 Å². The van der Waals surface area contributed by atoms with Crippen LogP contribution in [0.5, 0.6) is 0 Å². The van der Waals surface area contributed by atoms with Crippen LogP contribution in [0.2, 0.25) is 0 Å². The number of carbonyl (C=O) groups is 1. The van der Waals surface area contributed by atoms with E-state index in [9.17, 15) is 9.90 Å². The minimum absolute atomic E-state index is 0.240. The Labute approximate surface area is 106 Å². The van der Waals surface area contributed by atoms with Gasteiger partial charge >= 0.3 is 5.97 Å². The van der Waals surface area contributed by atoms with Crippen molar-refractivity contribution in [1.29, 1.82) is 0 Å². The highest BCUT2D eigenvalue weighted by atomic mass is 16.4. The summed E-state index contributed by atoms with van der Waals surface area (Å²) in [7, 11) is 0. The Morgan fingerprint density at radius 3 is 2.78 bits per heavy atom. The Hall–Kier alpha value is -1.43. The molecule has 1 fully saturated rings. The van der Waals surface area contributed by atoms with Crippen LogP contribution in [0, 0.1) is 0 Å². The molecule has 0 saturated carbocycles. The average molecular weight is 250 g/mol. The average Bonchev–Trinajstić information content (AvgIpc) is 2.74. The van der Waals surface area contributed by atoms with E-state index in [-0.39, 0.29) is 6.42 Å². The molecule has 2 rings (SSSR count). The lowest BCUT2D eigenvalue weighted by atomic mass is 10.00. The largest absolute Gasteiger partial charge is 0.480 e. The molecule has 0 aliphatic carbocycles. The predicted molar refractivity (Wildman–Crippen MR) is 67.1 cm³/mol. The first-order valence-electron chi connectivity index (χ1n) is 6.02. The number of carboxylic acids is 1. The molecule has 1 aromatic carbocycles. The van der Waals surface area contributed by atoms with Crippen LogP contribution in [0.1, 0.15) is 12.0 Å². The molecule has 1 aliphatic heterocycles. The zero-order valence-corrected chi connectivity index (χ0v) is 10.1. The SMILES string of the molecule is O=C(O)[C@@H]1C[C@@](O)(CNCc2ccccc2)CN1. The van der Waals surface area contributed by atoms with Gasteiger partial charge in [-0.2, -0.15) is 0 Å². The molecule has 0 bridgehead atoms. The van der Waals surface area contributed by atoms with Crippen molar-refractivity contribution in [3.8, 4) is 0 Å². The van der Waals surface area contributed by atoms with Gasteiger partial charge in [-0.3, -0.25) is 4.79 Å². The molecule has 1 aromatic rings. The topological polar surface area (TPSA) is 81.6 Å². The highest BCUT2D eigenvalue weighted by Crippen LogP contribution is 2.18. The standard InChI is InChI=1S/C13H18N2O3/c16-12(17)11-6-13(18,9-15-11)8-14-7-10-4-2-1-3-5-10/h1-5,11,14-15,18H,6-9H2,(H,16,17)/t11-,13+/m0/s1. The fourth-order valence-corrected chi connectivity index (χ4v) is 2.18. The van der Waals surface area contributed by atoms with E-state index in [1.165, 1.54) is 0 Å². The maximum Gasteiger partial charge on any atom is 0.320 e. The third-order valence-corrected chi connectivity index (χ3v) is 3.19. The number of nitrogens with one attached hydrogen (secondary N) is 2. The van der Waals surface area contributed by atoms with Crippen LogP contribution in [-0.2, 0) is 11.3 Å². The molecule has 5 heteroatoms. The van der Waals surface area contributed by atoms with Crippen molar-refractivity contribution < 1.29 is 15.0 Å². The van der Waals surface area contributed by atoms with Gasteiger partial charge < -0.3 is 20.8 Å². The minimum atomic E-state index is -0.974. The predicted octanol–water partition coefficient (Wildman–Crippen LogP) is -0.0462. The summed E-state index contributed by atoms with van der Waals surface area (Å²) in [5, 5.41) is 25.0. The summed E-state index contributed by atoms with van der Waals surface area (Å²) in [5.41, 5.74) is 0.166. The summed E-state index contributed by atoms with van der Waals surface area (Å²) in [5.74, 6) is -0.908. The Morgan fingerprint density at radius 1 is 1.44 bits per heavy atom. The summed E-state index contributed by atoms with van der Waals surface area (Å²) in [6.45, 7) is 1.37. The lowest BCUT2D eigenvalue weighted by molar-refractivity contribution is -0.139. The molecule has 5 nitrogen and oxygen atoms in total. The van der Waals surface area contributed by atoms with Crippen molar-refractivity contribution in [3.63, 3.8) is 0 Å². The normalized spacial score (nSPS) is 27.3. The molecule has 18 heavy (non-hydrogen) atoms. The zero-order chi connectivity index (χ0) is 13.0. The highest BCUT2D eigenvalue weighted by Gasteiger charge is 2.39. The summed E-state index contributed by atoms with van der Waals surface area (Å²) < 4.78 is 0. The number of rotatable bonds is 5. The third-order valence-electron chi connectivity index (χ3n) is 3.19. The molecule has 1 saturated heterocycles. The van der Waals surface area contributed by atoms with Crippen molar-refractivity contribution >= 4 is 5.97 Å². The molecule has 0 unspecified atom stereocenters. The molecule has 0 radical (unpaired) electrons. The second kappa shape index (κ2) is 5.48. The van der Waals surface area contributed by atoms with E-state index in [2.05, 4.69) is 10.6 Å². The molecular formula is C13H18N2O3. The molecule has 0 spiro atoms. The zero-order valence-electron chi connectivity index (χ0n) is 10.1. The van der Waals surface area contributed by atoms with Gasteiger partial charge in [0.05, 0.1) is 5.60 Å². The van der Waals surface area contributed by atoms with Gasteiger partial charge in [-0.15, -0.1) is 0 Å². The molecule has 2 atom stereocenters. The van der Waals surface area contributed by atoms with E-state index in [0.29, 0.717) is 19.6 Å². The third kappa shape index (κ3) is 3.29. The molecule has 1 heterocycles. The van der Waals surface area contributed by atoms with Crippen molar-refractivity contribution in [1.82, 2.24) is 10.6 Å². The molecule has 0 amide bonds. The first-order chi connectivity index (χ1) is 8.59. The second-order valence-electron chi connectivity index (χ2n) is 4.79. The van der Waals surface area contributed by atoms with Gasteiger partial charge in [0.1, 0.15) is 6.04 Å². The molecule has 1 aliphatic rings. The summed E-state index contributed by atoms with van der Waals surface area (Å²) in [6, 6.07) is 9.24. The van der Waals surface area contributed by atoms with Crippen molar-refractivity contribution in [3.05, 3.63) is 35.9 Å². The second-order valence-corrected chi connectivity index (χ2v) is 4.79. The monoisotopic (exact) mass is 250 g/mol. The van der Waals surface area contributed by atoms with Crippen LogP contribution in [0.15, 0.2) is 30.3 Å². The number of benzene rings is 1. The van der Waals surface area contributed by atoms with E-state index in [4.69, 9.17) is 5.11 Å². The van der Waals surface area contributed by atoms with E-state index in [0.717, 1.165) is 5.56 Å². The quantitative estimate of drug-likeness (QED) is 0.589. The van der Waals surface area contributed by atoms with Crippen LogP contribution >= 0.6 is 0 Å². The van der Waals surface area contributed by atoms with Crippen LogP contribution in [-0.4, -0.2) is 40.9 Å². The first-order valence-corrected chi connectivity index (χ1v) is 6.02. The number of carboxylic acid groups (broad SMARTS) is 1. The molecular weight excluding hydrogens is 232 g/mol. The van der Waals surface area contributed by atoms with E-state index in [1.807, 2.05) is 30.3 Å². The maximum atomic E-state index is 10.8. The van der Waals surface area contributed by atoms with Crippen molar-refractivity contribution in [2.24, 2.45) is 0 Å². The number of hydrogen-bond donors (Lipinski definition) is 4. The van der Waals surface area contributed by atoms with Gasteiger partial charge in [0.2, 0.25) is 0 Å². The van der Waals surface area contributed by atoms with Gasteiger partial charge in [-0.25, -0.2) is 0 Å². The summed E-state index contributed by atoms with van der Waals surface area (Å²) in [6.07, 6.45) is 0.240. The molecule has 0 aromatic heterocycles. The van der Waals surface area contributed by atoms with Crippen LogP contribution in [0.25, 0.3) is 0 Å². The number of aliphatic hydroxyl groups is 1. The van der Waals surface area contributed by atoms with Gasteiger partial charge in [-0.05, 0) is 5.56 Å². The minimum Gasteiger partial charge on any atom is -0.480 e. The van der Waals surface area contributed by atoms with Gasteiger partial charge in [0.25, 0.3) is 0 Å². The van der Waals surface area contributed by atoms with Crippen molar-refractivity contribution in [2.75, 3.05) is 13.1 Å². The lowest BCUT2D eigenvalue weighted by Crippen LogP contribution is -2.42. The first kappa shape index (κ1) is 13.0. The Bertz CT molecular complexity index is 410. The Morgan fingerprint density at radius 2 is 2.17 bits per heavy atom. The van der Waals surface area contributed by atoms with E-state index in [1.54, 1.807) is 0 Å². The van der Waals surface area contributed by atoms with Crippen molar-refractivity contribution in [2.45, 2.75) is 24.6 Å². The summed E-state index contributed by atoms with van der Waals surface area (Å²) >= 11 is 0. The maximum absolute atomic E-state index is 10.8. The fraction of sp³-hybridized carbons (Fsp3) is 0.462. The van der Waals surface area contributed by atoms with Gasteiger partial charge in [0.15, 0.2) is 0 Å². The van der Waals surface area contributed by atoms with Crippen LogP contribution in [0.4, 0.5) is 0 Å². The number of β-amino-alcohol motifs (C(OH)–C–C–N with tert-alkyl or cyclic N) is 1. The van der Waals surface area contributed by atoms with Gasteiger partial charge in [-0.1, -0.05) is 30.3 Å². The number of hydrogen-bond acceptors (Lipinski definition) is 4. The smallest absolute Gasteiger partial charge is 0.320 e. The molecule has 98 valence electrons. The molecule has 4 N–H and O–H groups in total. The highest BCUT2D eigenvalue weighted by molar-refractivity contribution is 5.74. The number of aliphatic carboxylic acids is 1. The summed E-state index contributed by atoms with van der Waals surface area (Å²) in [4.78, 5) is 10.8. The van der Waals surface area contributed by atoms with E-state index < -0.39 is 17.6 Å².